The van der Waals surface area contributed by atoms with E-state index in [4.69, 9.17) is 11.0 Å². The second-order valence-corrected chi connectivity index (χ2v) is 7.61. The maximum Gasteiger partial charge on any atom is 0.237 e. The molecule has 0 fully saturated rings. The summed E-state index contributed by atoms with van der Waals surface area (Å²) in [6, 6.07) is 8.86. The second-order valence-electron chi connectivity index (χ2n) is 4.66. The van der Waals surface area contributed by atoms with E-state index in [1.807, 2.05) is 13.0 Å². The van der Waals surface area contributed by atoms with Gasteiger partial charge in [-0.15, -0.1) is 11.3 Å². The number of thiophene rings is 1. The molecule has 110 valence electrons. The largest absolute Gasteiger partial charge is 0.398 e. The third-order valence-electron chi connectivity index (χ3n) is 3.15. The van der Waals surface area contributed by atoms with Crippen molar-refractivity contribution in [2.75, 3.05) is 10.5 Å². The third kappa shape index (κ3) is 3.35. The Morgan fingerprint density at radius 3 is 2.62 bits per heavy atom. The quantitative estimate of drug-likeness (QED) is 0.846. The minimum atomic E-state index is -3.62. The second kappa shape index (κ2) is 5.76. The molecule has 21 heavy (non-hydrogen) atoms. The summed E-state index contributed by atoms with van der Waals surface area (Å²) in [6.07, 6.45) is 0. The summed E-state index contributed by atoms with van der Waals surface area (Å²) in [6.45, 7) is 3.66. The number of hydrogen-bond acceptors (Lipinski definition) is 5. The number of nitrogens with one attached hydrogen (secondary N) is 1. The predicted octanol–water partition coefficient (Wildman–Crippen LogP) is 2.76. The predicted molar refractivity (Wildman–Crippen MR) is 85.6 cm³/mol. The molecule has 2 rings (SSSR count). The first-order valence-electron chi connectivity index (χ1n) is 6.18. The summed E-state index contributed by atoms with van der Waals surface area (Å²) in [5.74, 6) is -0.222. The summed E-state index contributed by atoms with van der Waals surface area (Å²) in [4.78, 5) is 0.920. The van der Waals surface area contributed by atoms with E-state index in [9.17, 15) is 8.42 Å². The maximum atomic E-state index is 12.2. The molecule has 0 amide bonds. The molecule has 1 aromatic carbocycles. The molecule has 2 aromatic rings. The molecule has 0 saturated carbocycles. The number of nitrogen functional groups attached to an aromatic ring is 1. The molecule has 5 nitrogen and oxygen atoms in total. The van der Waals surface area contributed by atoms with Crippen LogP contribution in [0.3, 0.4) is 0 Å². The summed E-state index contributed by atoms with van der Waals surface area (Å²) in [5, 5.41) is 9.51. The fourth-order valence-corrected chi connectivity index (χ4v) is 4.42. The van der Waals surface area contributed by atoms with Crippen LogP contribution in [-0.2, 0) is 15.8 Å². The highest BCUT2D eigenvalue weighted by Gasteiger charge is 2.19. The van der Waals surface area contributed by atoms with Crippen LogP contribution in [0.25, 0.3) is 0 Å². The van der Waals surface area contributed by atoms with Gasteiger partial charge in [0.15, 0.2) is 0 Å². The van der Waals surface area contributed by atoms with E-state index in [1.165, 1.54) is 11.3 Å². The number of para-hydroxylation sites is 1. The summed E-state index contributed by atoms with van der Waals surface area (Å²) >= 11 is 1.26. The Morgan fingerprint density at radius 1 is 1.33 bits per heavy atom. The third-order valence-corrected chi connectivity index (χ3v) is 5.60. The first kappa shape index (κ1) is 15.4. The highest BCUT2D eigenvalue weighted by Crippen LogP contribution is 2.32. The van der Waals surface area contributed by atoms with Gasteiger partial charge in [-0.2, -0.15) is 5.26 Å². The lowest BCUT2D eigenvalue weighted by Gasteiger charge is -2.08. The Balaban J connectivity index is 2.29. The van der Waals surface area contributed by atoms with Crippen molar-refractivity contribution in [3.8, 4) is 6.07 Å². The van der Waals surface area contributed by atoms with Gasteiger partial charge >= 0.3 is 0 Å². The lowest BCUT2D eigenvalue weighted by Crippen LogP contribution is -2.15. The SMILES string of the molecule is Cc1sc(NS(=O)(=O)Cc2ccccc2N)c(C#N)c1C. The Morgan fingerprint density at radius 2 is 2.00 bits per heavy atom. The van der Waals surface area contributed by atoms with Crippen molar-refractivity contribution in [2.24, 2.45) is 0 Å². The van der Waals surface area contributed by atoms with Crippen molar-refractivity contribution in [2.45, 2.75) is 19.6 Å². The number of sulfonamides is 1. The smallest absolute Gasteiger partial charge is 0.237 e. The van der Waals surface area contributed by atoms with Crippen molar-refractivity contribution < 1.29 is 8.42 Å². The van der Waals surface area contributed by atoms with Crippen LogP contribution in [0.5, 0.6) is 0 Å². The highest BCUT2D eigenvalue weighted by atomic mass is 32.2. The number of hydrogen-bond donors (Lipinski definition) is 2. The standard InChI is InChI=1S/C14H15N3O2S2/c1-9-10(2)20-14(12(9)7-15)17-21(18,19)8-11-5-3-4-6-13(11)16/h3-6,17H,8,16H2,1-2H3. The molecular formula is C14H15N3O2S2. The number of rotatable bonds is 4. The zero-order chi connectivity index (χ0) is 15.6. The monoisotopic (exact) mass is 321 g/mol. The Kier molecular flexibility index (Phi) is 4.21. The first-order valence-corrected chi connectivity index (χ1v) is 8.65. The minimum absolute atomic E-state index is 0.222. The Hall–Kier alpha value is -2.04. The average Bonchev–Trinajstić information content (AvgIpc) is 2.66. The molecule has 1 heterocycles. The fourth-order valence-electron chi connectivity index (χ4n) is 1.88. The van der Waals surface area contributed by atoms with E-state index < -0.39 is 10.0 Å². The normalized spacial score (nSPS) is 11.1. The average molecular weight is 321 g/mol. The minimum Gasteiger partial charge on any atom is -0.398 e. The van der Waals surface area contributed by atoms with Gasteiger partial charge in [-0.1, -0.05) is 18.2 Å². The van der Waals surface area contributed by atoms with Gasteiger partial charge in [0.25, 0.3) is 0 Å². The number of aryl methyl sites for hydroxylation is 1. The zero-order valence-electron chi connectivity index (χ0n) is 11.7. The van der Waals surface area contributed by atoms with E-state index in [2.05, 4.69) is 4.72 Å². The van der Waals surface area contributed by atoms with Crippen molar-refractivity contribution in [3.63, 3.8) is 0 Å². The molecule has 7 heteroatoms. The van der Waals surface area contributed by atoms with Crippen LogP contribution in [0, 0.1) is 25.2 Å². The molecule has 3 N–H and O–H groups in total. The van der Waals surface area contributed by atoms with Crippen LogP contribution in [0.15, 0.2) is 24.3 Å². The van der Waals surface area contributed by atoms with E-state index in [1.54, 1.807) is 31.2 Å². The lowest BCUT2D eigenvalue weighted by molar-refractivity contribution is 0.600. The van der Waals surface area contributed by atoms with Crippen LogP contribution in [0.4, 0.5) is 10.7 Å². The van der Waals surface area contributed by atoms with Gasteiger partial charge in [-0.3, -0.25) is 4.72 Å². The van der Waals surface area contributed by atoms with Gasteiger partial charge in [0, 0.05) is 10.6 Å². The molecule has 0 aliphatic rings. The molecule has 0 bridgehead atoms. The molecule has 0 unspecified atom stereocenters. The summed E-state index contributed by atoms with van der Waals surface area (Å²) in [5.41, 5.74) is 7.91. The molecule has 0 saturated heterocycles. The van der Waals surface area contributed by atoms with Crippen molar-refractivity contribution in [1.82, 2.24) is 0 Å². The van der Waals surface area contributed by atoms with Crippen LogP contribution in [0.1, 0.15) is 21.6 Å². The number of nitrogens with two attached hydrogens (primary N) is 1. The van der Waals surface area contributed by atoms with E-state index in [-0.39, 0.29) is 5.75 Å². The van der Waals surface area contributed by atoms with Crippen molar-refractivity contribution >= 4 is 32.0 Å². The Labute approximate surface area is 128 Å². The van der Waals surface area contributed by atoms with Crippen molar-refractivity contribution in [3.05, 3.63) is 45.8 Å². The molecular weight excluding hydrogens is 306 g/mol. The topological polar surface area (TPSA) is 96.0 Å². The van der Waals surface area contributed by atoms with Crippen LogP contribution < -0.4 is 10.5 Å². The van der Waals surface area contributed by atoms with Crippen LogP contribution in [0.2, 0.25) is 0 Å². The molecule has 1 aromatic heterocycles. The molecule has 0 aliphatic heterocycles. The molecule has 0 atom stereocenters. The van der Waals surface area contributed by atoms with E-state index >= 15 is 0 Å². The van der Waals surface area contributed by atoms with Crippen molar-refractivity contribution in [1.29, 1.82) is 5.26 Å². The lowest BCUT2D eigenvalue weighted by atomic mass is 10.2. The van der Waals surface area contributed by atoms with Crippen LogP contribution >= 0.6 is 11.3 Å². The first-order chi connectivity index (χ1) is 9.84. The molecule has 0 aliphatic carbocycles. The number of benzene rings is 1. The summed E-state index contributed by atoms with van der Waals surface area (Å²) < 4.78 is 27.0. The van der Waals surface area contributed by atoms with Gasteiger partial charge in [-0.25, -0.2) is 8.42 Å². The molecule has 0 spiro atoms. The Bertz CT molecular complexity index is 817. The molecule has 0 radical (unpaired) electrons. The van der Waals surface area contributed by atoms with Gasteiger partial charge in [0.05, 0.1) is 11.3 Å². The van der Waals surface area contributed by atoms with Gasteiger partial charge in [-0.05, 0) is 31.0 Å². The summed E-state index contributed by atoms with van der Waals surface area (Å²) in [7, 11) is -3.62. The number of nitriles is 1. The number of nitrogens with zero attached hydrogens (tertiary/aromatic N) is 1. The number of anilines is 2. The van der Waals surface area contributed by atoms with E-state index in [0.29, 0.717) is 21.8 Å². The van der Waals surface area contributed by atoms with E-state index in [0.717, 1.165) is 10.4 Å². The maximum absolute atomic E-state index is 12.2. The van der Waals surface area contributed by atoms with Crippen LogP contribution in [-0.4, -0.2) is 8.42 Å². The zero-order valence-corrected chi connectivity index (χ0v) is 13.3. The highest BCUT2D eigenvalue weighted by molar-refractivity contribution is 7.92. The van der Waals surface area contributed by atoms with Gasteiger partial charge < -0.3 is 5.73 Å². The van der Waals surface area contributed by atoms with Gasteiger partial charge in [0.1, 0.15) is 11.1 Å². The fraction of sp³-hybridized carbons (Fsp3) is 0.214. The van der Waals surface area contributed by atoms with Gasteiger partial charge in [0.2, 0.25) is 10.0 Å².